The molecule has 1 aromatic carbocycles. The van der Waals surface area contributed by atoms with E-state index < -0.39 is 0 Å². The number of nitrogens with one attached hydrogen (secondary N) is 1. The second-order valence-electron chi connectivity index (χ2n) is 5.62. The van der Waals surface area contributed by atoms with Crippen molar-refractivity contribution in [1.82, 2.24) is 5.32 Å². The van der Waals surface area contributed by atoms with Crippen molar-refractivity contribution in [3.63, 3.8) is 0 Å². The molecule has 106 valence electrons. The summed E-state index contributed by atoms with van der Waals surface area (Å²) in [5.74, 6) is 1.05. The van der Waals surface area contributed by atoms with Crippen LogP contribution in [0.1, 0.15) is 35.7 Å². The van der Waals surface area contributed by atoms with Gasteiger partial charge in [-0.25, -0.2) is 4.79 Å². The van der Waals surface area contributed by atoms with Crippen molar-refractivity contribution in [2.75, 3.05) is 13.7 Å². The molecule has 20 heavy (non-hydrogen) atoms. The van der Waals surface area contributed by atoms with Crippen molar-refractivity contribution in [2.45, 2.75) is 25.3 Å². The van der Waals surface area contributed by atoms with Gasteiger partial charge in [0.25, 0.3) is 0 Å². The zero-order chi connectivity index (χ0) is 14.2. The second kappa shape index (κ2) is 4.94. The van der Waals surface area contributed by atoms with E-state index >= 15 is 0 Å². The Kier molecular flexibility index (Phi) is 3.26. The molecule has 0 bridgehead atoms. The Bertz CT molecular complexity index is 567. The minimum Gasteiger partial charge on any atom is -0.465 e. The van der Waals surface area contributed by atoms with Gasteiger partial charge in [0.05, 0.1) is 24.5 Å². The van der Waals surface area contributed by atoms with Crippen LogP contribution in [0.5, 0.6) is 5.75 Å². The summed E-state index contributed by atoms with van der Waals surface area (Å²) in [6, 6.07) is 5.53. The van der Waals surface area contributed by atoms with Crippen LogP contribution >= 0.6 is 0 Å². The van der Waals surface area contributed by atoms with E-state index in [1.54, 1.807) is 18.4 Å². The summed E-state index contributed by atoms with van der Waals surface area (Å²) in [4.78, 5) is 11.6. The fourth-order valence-corrected chi connectivity index (χ4v) is 3.14. The third kappa shape index (κ3) is 2.10. The van der Waals surface area contributed by atoms with Crippen LogP contribution in [0.15, 0.2) is 30.5 Å². The Balaban J connectivity index is 2.01. The summed E-state index contributed by atoms with van der Waals surface area (Å²) >= 11 is 0. The van der Waals surface area contributed by atoms with Crippen LogP contribution in [-0.2, 0) is 10.3 Å². The first-order chi connectivity index (χ1) is 9.64. The van der Waals surface area contributed by atoms with Gasteiger partial charge >= 0.3 is 5.97 Å². The molecule has 1 unspecified atom stereocenters. The lowest BCUT2D eigenvalue weighted by atomic mass is 9.76. The van der Waals surface area contributed by atoms with Crippen LogP contribution in [-0.4, -0.2) is 19.6 Å². The molecule has 1 spiro atoms. The quantitative estimate of drug-likeness (QED) is 0.799. The van der Waals surface area contributed by atoms with Gasteiger partial charge in [-0.3, -0.25) is 0 Å². The predicted octanol–water partition coefficient (Wildman–Crippen LogP) is 2.59. The number of carbonyl (C=O) groups is 1. The van der Waals surface area contributed by atoms with Crippen LogP contribution in [0.3, 0.4) is 0 Å². The molecule has 2 aliphatic heterocycles. The van der Waals surface area contributed by atoms with Gasteiger partial charge in [-0.15, -0.1) is 0 Å². The first-order valence-corrected chi connectivity index (χ1v) is 6.97. The molecule has 2 atom stereocenters. The number of rotatable bonds is 1. The second-order valence-corrected chi connectivity index (χ2v) is 5.62. The standard InChI is InChI=1S/C16H19NO3/c1-11-5-7-17-16(10-11)6-8-20-14-9-12(15(18)19-2)3-4-13(14)16/h3-4,6,8-9,11,17H,5,7,10H2,1-2H3/t11?,16-/m0/s1. The molecule has 4 nitrogen and oxygen atoms in total. The van der Waals surface area contributed by atoms with E-state index in [4.69, 9.17) is 9.47 Å². The number of ether oxygens (including phenoxy) is 2. The fourth-order valence-electron chi connectivity index (χ4n) is 3.14. The molecule has 0 aromatic heterocycles. The predicted molar refractivity (Wildman–Crippen MR) is 75.6 cm³/mol. The smallest absolute Gasteiger partial charge is 0.337 e. The molecule has 1 N–H and O–H groups in total. The molecular formula is C16H19NO3. The summed E-state index contributed by atoms with van der Waals surface area (Å²) in [6.07, 6.45) is 6.03. The van der Waals surface area contributed by atoms with E-state index in [1.807, 2.05) is 6.07 Å². The van der Waals surface area contributed by atoms with Gasteiger partial charge in [0.2, 0.25) is 0 Å². The third-order valence-electron chi connectivity index (χ3n) is 4.18. The van der Waals surface area contributed by atoms with Crippen molar-refractivity contribution in [1.29, 1.82) is 0 Å². The molecule has 0 saturated carbocycles. The van der Waals surface area contributed by atoms with Crippen molar-refractivity contribution < 1.29 is 14.3 Å². The van der Waals surface area contributed by atoms with Gasteiger partial charge in [-0.2, -0.15) is 0 Å². The largest absolute Gasteiger partial charge is 0.465 e. The topological polar surface area (TPSA) is 47.6 Å². The number of fused-ring (bicyclic) bond motifs is 2. The van der Waals surface area contributed by atoms with E-state index in [9.17, 15) is 4.79 Å². The van der Waals surface area contributed by atoms with E-state index in [0.29, 0.717) is 11.5 Å². The first kappa shape index (κ1) is 13.2. The van der Waals surface area contributed by atoms with E-state index in [0.717, 1.165) is 24.3 Å². The zero-order valence-electron chi connectivity index (χ0n) is 11.8. The van der Waals surface area contributed by atoms with Crippen molar-refractivity contribution in [3.05, 3.63) is 41.7 Å². The maximum atomic E-state index is 11.6. The Morgan fingerprint density at radius 1 is 1.50 bits per heavy atom. The van der Waals surface area contributed by atoms with Crippen LogP contribution in [0.4, 0.5) is 0 Å². The Morgan fingerprint density at radius 2 is 2.35 bits per heavy atom. The molecule has 1 saturated heterocycles. The number of piperidine rings is 1. The zero-order valence-corrected chi connectivity index (χ0v) is 11.8. The van der Waals surface area contributed by atoms with Gasteiger partial charge in [-0.1, -0.05) is 13.0 Å². The number of hydrogen-bond donors (Lipinski definition) is 1. The lowest BCUT2D eigenvalue weighted by Crippen LogP contribution is -2.47. The number of esters is 1. The lowest BCUT2D eigenvalue weighted by Gasteiger charge is -2.41. The third-order valence-corrected chi connectivity index (χ3v) is 4.18. The Labute approximate surface area is 118 Å². The Morgan fingerprint density at radius 3 is 3.10 bits per heavy atom. The molecule has 0 amide bonds. The molecule has 3 rings (SSSR count). The molecule has 4 heteroatoms. The van der Waals surface area contributed by atoms with Gasteiger partial charge in [-0.05, 0) is 43.5 Å². The van der Waals surface area contributed by atoms with Crippen LogP contribution in [0.2, 0.25) is 0 Å². The number of hydrogen-bond acceptors (Lipinski definition) is 4. The molecule has 1 aromatic rings. The van der Waals surface area contributed by atoms with Gasteiger partial charge in [0, 0.05) is 5.56 Å². The number of methoxy groups -OCH3 is 1. The normalized spacial score (nSPS) is 27.8. The van der Waals surface area contributed by atoms with Gasteiger partial charge in [0.1, 0.15) is 5.75 Å². The summed E-state index contributed by atoms with van der Waals surface area (Å²) in [5.41, 5.74) is 1.44. The number of benzene rings is 1. The average Bonchev–Trinajstić information content (AvgIpc) is 2.46. The molecule has 0 radical (unpaired) electrons. The average molecular weight is 273 g/mol. The van der Waals surface area contributed by atoms with Crippen LogP contribution in [0.25, 0.3) is 0 Å². The maximum Gasteiger partial charge on any atom is 0.337 e. The monoisotopic (exact) mass is 273 g/mol. The Hall–Kier alpha value is -1.81. The first-order valence-electron chi connectivity index (χ1n) is 6.97. The van der Waals surface area contributed by atoms with E-state index in [2.05, 4.69) is 18.3 Å². The van der Waals surface area contributed by atoms with Crippen LogP contribution < -0.4 is 10.1 Å². The molecule has 1 fully saturated rings. The minimum absolute atomic E-state index is 0.167. The molecular weight excluding hydrogens is 254 g/mol. The highest BCUT2D eigenvalue weighted by molar-refractivity contribution is 5.90. The van der Waals surface area contributed by atoms with E-state index in [-0.39, 0.29) is 11.5 Å². The van der Waals surface area contributed by atoms with Gasteiger partial charge in [0.15, 0.2) is 0 Å². The fraction of sp³-hybridized carbons (Fsp3) is 0.438. The molecule has 2 heterocycles. The molecule has 2 aliphatic rings. The van der Waals surface area contributed by atoms with Crippen molar-refractivity contribution in [3.8, 4) is 5.75 Å². The summed E-state index contributed by atoms with van der Waals surface area (Å²) in [6.45, 7) is 3.26. The van der Waals surface area contributed by atoms with Crippen molar-refractivity contribution in [2.24, 2.45) is 5.92 Å². The summed E-state index contributed by atoms with van der Waals surface area (Å²) in [7, 11) is 1.38. The highest BCUT2D eigenvalue weighted by atomic mass is 16.5. The van der Waals surface area contributed by atoms with E-state index in [1.165, 1.54) is 13.5 Å². The summed E-state index contributed by atoms with van der Waals surface area (Å²) < 4.78 is 10.3. The highest BCUT2D eigenvalue weighted by Gasteiger charge is 2.38. The molecule has 0 aliphatic carbocycles. The number of carbonyl (C=O) groups excluding carboxylic acids is 1. The van der Waals surface area contributed by atoms with Crippen molar-refractivity contribution >= 4 is 5.97 Å². The SMILES string of the molecule is COC(=O)c1ccc2c(c1)OC=C[C@]21CC(C)CCN1. The maximum absolute atomic E-state index is 11.6. The lowest BCUT2D eigenvalue weighted by molar-refractivity contribution is 0.0600. The van der Waals surface area contributed by atoms with Crippen LogP contribution in [0, 0.1) is 5.92 Å². The minimum atomic E-state index is -0.343. The summed E-state index contributed by atoms with van der Waals surface area (Å²) in [5, 5.41) is 3.60. The van der Waals surface area contributed by atoms with Gasteiger partial charge < -0.3 is 14.8 Å². The highest BCUT2D eigenvalue weighted by Crippen LogP contribution is 2.42.